The number of aryl methyl sites for hydroxylation is 1. The standard InChI is InChI=1S/C12H17NO3/c1-4-15-11-7-10(13-8-14)6-9(3)12(11)16-5-2/h6-8H,4-5H2,1-3H3,(H,13,14). The summed E-state index contributed by atoms with van der Waals surface area (Å²) < 4.78 is 11.0. The summed E-state index contributed by atoms with van der Waals surface area (Å²) in [7, 11) is 0. The third-order valence-corrected chi connectivity index (χ3v) is 2.05. The van der Waals surface area contributed by atoms with E-state index in [2.05, 4.69) is 5.32 Å². The Kier molecular flexibility index (Phi) is 4.64. The largest absolute Gasteiger partial charge is 0.490 e. The lowest BCUT2D eigenvalue weighted by molar-refractivity contribution is -0.105. The summed E-state index contributed by atoms with van der Waals surface area (Å²) in [6.45, 7) is 6.90. The van der Waals surface area contributed by atoms with E-state index in [1.54, 1.807) is 6.07 Å². The number of carbonyl (C=O) groups is 1. The molecule has 4 nitrogen and oxygen atoms in total. The number of amides is 1. The fourth-order valence-electron chi connectivity index (χ4n) is 1.48. The molecule has 0 fully saturated rings. The van der Waals surface area contributed by atoms with Crippen LogP contribution in [-0.4, -0.2) is 19.6 Å². The van der Waals surface area contributed by atoms with Gasteiger partial charge in [0.25, 0.3) is 0 Å². The van der Waals surface area contributed by atoms with Crippen molar-refractivity contribution in [3.8, 4) is 11.5 Å². The smallest absolute Gasteiger partial charge is 0.211 e. The van der Waals surface area contributed by atoms with Gasteiger partial charge in [-0.15, -0.1) is 0 Å². The maximum Gasteiger partial charge on any atom is 0.211 e. The number of carbonyl (C=O) groups excluding carboxylic acids is 1. The third-order valence-electron chi connectivity index (χ3n) is 2.05. The van der Waals surface area contributed by atoms with Gasteiger partial charge in [-0.3, -0.25) is 4.79 Å². The Morgan fingerprint density at radius 3 is 2.50 bits per heavy atom. The van der Waals surface area contributed by atoms with Gasteiger partial charge < -0.3 is 14.8 Å². The van der Waals surface area contributed by atoms with Crippen LogP contribution < -0.4 is 14.8 Å². The zero-order valence-electron chi connectivity index (χ0n) is 9.87. The van der Waals surface area contributed by atoms with Crippen molar-refractivity contribution in [1.29, 1.82) is 0 Å². The van der Waals surface area contributed by atoms with Gasteiger partial charge in [0.05, 0.1) is 13.2 Å². The molecule has 0 unspecified atom stereocenters. The van der Waals surface area contributed by atoms with Crippen LogP contribution in [-0.2, 0) is 4.79 Å². The van der Waals surface area contributed by atoms with E-state index in [-0.39, 0.29) is 0 Å². The number of hydrogen-bond donors (Lipinski definition) is 1. The summed E-state index contributed by atoms with van der Waals surface area (Å²) in [4.78, 5) is 10.4. The van der Waals surface area contributed by atoms with Crippen LogP contribution in [0.25, 0.3) is 0 Å². The average molecular weight is 223 g/mol. The van der Waals surface area contributed by atoms with Crippen LogP contribution in [0.3, 0.4) is 0 Å². The highest BCUT2D eigenvalue weighted by atomic mass is 16.5. The molecule has 1 aromatic carbocycles. The molecule has 1 amide bonds. The Hall–Kier alpha value is -1.71. The van der Waals surface area contributed by atoms with Crippen LogP contribution in [0.4, 0.5) is 5.69 Å². The molecule has 4 heteroatoms. The van der Waals surface area contributed by atoms with Crippen LogP contribution in [0.15, 0.2) is 12.1 Å². The van der Waals surface area contributed by atoms with Crippen molar-refractivity contribution in [2.45, 2.75) is 20.8 Å². The molecule has 0 bridgehead atoms. The second-order valence-corrected chi connectivity index (χ2v) is 3.25. The van der Waals surface area contributed by atoms with Crippen molar-refractivity contribution in [1.82, 2.24) is 0 Å². The summed E-state index contributed by atoms with van der Waals surface area (Å²) in [6.07, 6.45) is 0.644. The first-order chi connectivity index (χ1) is 7.72. The minimum atomic E-state index is 0.560. The summed E-state index contributed by atoms with van der Waals surface area (Å²) >= 11 is 0. The molecule has 0 aliphatic rings. The van der Waals surface area contributed by atoms with Gasteiger partial charge in [-0.25, -0.2) is 0 Å². The second-order valence-electron chi connectivity index (χ2n) is 3.25. The van der Waals surface area contributed by atoms with E-state index >= 15 is 0 Å². The van der Waals surface area contributed by atoms with Crippen LogP contribution in [0.2, 0.25) is 0 Å². The summed E-state index contributed by atoms with van der Waals surface area (Å²) in [5.74, 6) is 1.40. The molecule has 1 N–H and O–H groups in total. The topological polar surface area (TPSA) is 47.6 Å². The highest BCUT2D eigenvalue weighted by Crippen LogP contribution is 2.34. The number of anilines is 1. The monoisotopic (exact) mass is 223 g/mol. The van der Waals surface area contributed by atoms with Crippen LogP contribution in [0.1, 0.15) is 19.4 Å². The highest BCUT2D eigenvalue weighted by molar-refractivity contribution is 5.73. The molecule has 0 spiro atoms. The molecule has 0 saturated heterocycles. The summed E-state index contributed by atoms with van der Waals surface area (Å²) in [5, 5.41) is 2.60. The fraction of sp³-hybridized carbons (Fsp3) is 0.417. The van der Waals surface area contributed by atoms with Gasteiger partial charge >= 0.3 is 0 Å². The van der Waals surface area contributed by atoms with Crippen molar-refractivity contribution in [2.24, 2.45) is 0 Å². The first-order valence-corrected chi connectivity index (χ1v) is 5.33. The first kappa shape index (κ1) is 12.4. The molecule has 0 radical (unpaired) electrons. The Bertz CT molecular complexity index is 364. The number of hydrogen-bond acceptors (Lipinski definition) is 3. The molecule has 88 valence electrons. The Labute approximate surface area is 95.6 Å². The van der Waals surface area contributed by atoms with Crippen molar-refractivity contribution >= 4 is 12.1 Å². The molecule has 0 aliphatic heterocycles. The lowest BCUT2D eigenvalue weighted by Gasteiger charge is -2.14. The van der Waals surface area contributed by atoms with E-state index in [1.807, 2.05) is 26.8 Å². The minimum absolute atomic E-state index is 0.560. The van der Waals surface area contributed by atoms with E-state index in [1.165, 1.54) is 0 Å². The van der Waals surface area contributed by atoms with Crippen molar-refractivity contribution in [3.63, 3.8) is 0 Å². The van der Waals surface area contributed by atoms with Crippen LogP contribution in [0, 0.1) is 6.92 Å². The van der Waals surface area contributed by atoms with E-state index in [0.717, 1.165) is 11.3 Å². The quantitative estimate of drug-likeness (QED) is 0.753. The highest BCUT2D eigenvalue weighted by Gasteiger charge is 2.10. The predicted molar refractivity (Wildman–Crippen MR) is 63.2 cm³/mol. The van der Waals surface area contributed by atoms with E-state index < -0.39 is 0 Å². The molecule has 16 heavy (non-hydrogen) atoms. The third kappa shape index (κ3) is 2.89. The van der Waals surface area contributed by atoms with E-state index in [9.17, 15) is 4.79 Å². The normalized spacial score (nSPS) is 9.69. The van der Waals surface area contributed by atoms with Crippen molar-refractivity contribution < 1.29 is 14.3 Å². The zero-order valence-corrected chi connectivity index (χ0v) is 9.87. The Morgan fingerprint density at radius 2 is 1.94 bits per heavy atom. The van der Waals surface area contributed by atoms with Gasteiger partial charge in [0, 0.05) is 11.8 Å². The Balaban J connectivity index is 3.10. The Morgan fingerprint density at radius 1 is 1.25 bits per heavy atom. The lowest BCUT2D eigenvalue weighted by atomic mass is 10.2. The van der Waals surface area contributed by atoms with E-state index in [4.69, 9.17) is 9.47 Å². The number of nitrogens with one attached hydrogen (secondary N) is 1. The SMILES string of the molecule is CCOc1cc(NC=O)cc(C)c1OCC. The maximum atomic E-state index is 10.4. The van der Waals surface area contributed by atoms with Crippen LogP contribution in [0.5, 0.6) is 11.5 Å². The number of ether oxygens (including phenoxy) is 2. The van der Waals surface area contributed by atoms with Crippen molar-refractivity contribution in [3.05, 3.63) is 17.7 Å². The van der Waals surface area contributed by atoms with Gasteiger partial charge in [0.1, 0.15) is 0 Å². The number of benzene rings is 1. The molecular formula is C12H17NO3. The molecular weight excluding hydrogens is 206 g/mol. The second kappa shape index (κ2) is 6.00. The lowest BCUT2D eigenvalue weighted by Crippen LogP contribution is -2.02. The van der Waals surface area contributed by atoms with Crippen molar-refractivity contribution in [2.75, 3.05) is 18.5 Å². The van der Waals surface area contributed by atoms with Crippen LogP contribution >= 0.6 is 0 Å². The van der Waals surface area contributed by atoms with Gasteiger partial charge in [0.15, 0.2) is 11.5 Å². The van der Waals surface area contributed by atoms with E-state index in [0.29, 0.717) is 31.1 Å². The molecule has 1 rings (SSSR count). The molecule has 0 aliphatic carbocycles. The summed E-state index contributed by atoms with van der Waals surface area (Å²) in [5.41, 5.74) is 1.65. The first-order valence-electron chi connectivity index (χ1n) is 5.33. The average Bonchev–Trinajstić information content (AvgIpc) is 2.24. The minimum Gasteiger partial charge on any atom is -0.490 e. The maximum absolute atomic E-state index is 10.4. The van der Waals surface area contributed by atoms with Gasteiger partial charge in [-0.1, -0.05) is 0 Å². The molecule has 1 aromatic rings. The van der Waals surface area contributed by atoms with Gasteiger partial charge in [-0.2, -0.15) is 0 Å². The summed E-state index contributed by atoms with van der Waals surface area (Å²) in [6, 6.07) is 3.61. The van der Waals surface area contributed by atoms with Gasteiger partial charge in [0.2, 0.25) is 6.41 Å². The number of rotatable bonds is 6. The fourth-order valence-corrected chi connectivity index (χ4v) is 1.48. The van der Waals surface area contributed by atoms with Gasteiger partial charge in [-0.05, 0) is 32.4 Å². The molecule has 0 atom stereocenters. The molecule has 0 saturated carbocycles. The molecule has 0 heterocycles. The predicted octanol–water partition coefficient (Wildman–Crippen LogP) is 2.36. The molecule has 0 aromatic heterocycles. The zero-order chi connectivity index (χ0) is 12.0.